The van der Waals surface area contributed by atoms with Crippen LogP contribution in [0, 0.1) is 12.8 Å². The molecule has 0 radical (unpaired) electrons. The number of nitrogens with zero attached hydrogens (tertiary/aromatic N) is 1. The molecule has 5 heteroatoms. The molecule has 90 valence electrons. The number of aromatic amines is 1. The summed E-state index contributed by atoms with van der Waals surface area (Å²) in [7, 11) is 0. The zero-order valence-corrected chi connectivity index (χ0v) is 10.1. The molecule has 0 aromatic carbocycles. The molecule has 1 aromatic heterocycles. The lowest BCUT2D eigenvalue weighted by atomic mass is 10.0. The van der Waals surface area contributed by atoms with E-state index in [1.165, 1.54) is 6.20 Å². The van der Waals surface area contributed by atoms with Crippen LogP contribution in [0.4, 0.5) is 0 Å². The lowest BCUT2D eigenvalue weighted by Crippen LogP contribution is -2.41. The molecule has 0 bridgehead atoms. The minimum atomic E-state index is -0.109. The zero-order valence-electron chi connectivity index (χ0n) is 10.1. The number of nitrogens with two attached hydrogens (primary N) is 1. The first-order chi connectivity index (χ1) is 7.54. The van der Waals surface area contributed by atoms with Gasteiger partial charge in [0.05, 0.1) is 11.8 Å². The Bertz CT molecular complexity index is 346. The fraction of sp³-hybridized carbons (Fsp3) is 0.636. The van der Waals surface area contributed by atoms with Gasteiger partial charge in [-0.1, -0.05) is 13.8 Å². The van der Waals surface area contributed by atoms with Crippen molar-refractivity contribution < 1.29 is 4.79 Å². The summed E-state index contributed by atoms with van der Waals surface area (Å²) in [6.45, 7) is 6.50. The van der Waals surface area contributed by atoms with Crippen LogP contribution < -0.4 is 11.1 Å². The number of rotatable bonds is 5. The number of nitrogens with one attached hydrogen (secondary N) is 2. The molecule has 4 N–H and O–H groups in total. The summed E-state index contributed by atoms with van der Waals surface area (Å²) >= 11 is 0. The standard InChI is InChI=1S/C11H20N4O/c1-7(2)4-9(5-12)14-11(16)10-6-13-15-8(10)3/h6-7,9H,4-5,12H2,1-3H3,(H,13,15)(H,14,16). The number of aryl methyl sites for hydroxylation is 1. The van der Waals surface area contributed by atoms with E-state index in [4.69, 9.17) is 5.73 Å². The maximum absolute atomic E-state index is 11.9. The number of carbonyl (C=O) groups excluding carboxylic acids is 1. The highest BCUT2D eigenvalue weighted by atomic mass is 16.1. The van der Waals surface area contributed by atoms with Crippen LogP contribution in [0.15, 0.2) is 6.20 Å². The van der Waals surface area contributed by atoms with Gasteiger partial charge < -0.3 is 11.1 Å². The first-order valence-electron chi connectivity index (χ1n) is 5.55. The van der Waals surface area contributed by atoms with Crippen molar-refractivity contribution in [2.75, 3.05) is 6.54 Å². The van der Waals surface area contributed by atoms with Gasteiger partial charge in [-0.25, -0.2) is 0 Å². The molecule has 0 fully saturated rings. The number of amides is 1. The molecule has 1 heterocycles. The Morgan fingerprint density at radius 2 is 2.31 bits per heavy atom. The predicted octanol–water partition coefficient (Wildman–Crippen LogP) is 0.821. The first kappa shape index (κ1) is 12.7. The molecule has 16 heavy (non-hydrogen) atoms. The highest BCUT2D eigenvalue weighted by molar-refractivity contribution is 5.95. The Morgan fingerprint density at radius 1 is 1.62 bits per heavy atom. The maximum atomic E-state index is 11.9. The Hall–Kier alpha value is -1.36. The SMILES string of the molecule is Cc1[nH]ncc1C(=O)NC(CN)CC(C)C. The summed E-state index contributed by atoms with van der Waals surface area (Å²) in [6, 6.07) is 0.0294. The Morgan fingerprint density at radius 3 is 2.75 bits per heavy atom. The highest BCUT2D eigenvalue weighted by Crippen LogP contribution is 2.06. The maximum Gasteiger partial charge on any atom is 0.254 e. The molecule has 1 atom stereocenters. The molecule has 5 nitrogen and oxygen atoms in total. The third-order valence-corrected chi connectivity index (χ3v) is 2.45. The van der Waals surface area contributed by atoms with Crippen LogP contribution in [0.25, 0.3) is 0 Å². The lowest BCUT2D eigenvalue weighted by Gasteiger charge is -2.18. The van der Waals surface area contributed by atoms with Crippen molar-refractivity contribution in [2.45, 2.75) is 33.2 Å². The van der Waals surface area contributed by atoms with Gasteiger partial charge in [-0.05, 0) is 19.3 Å². The molecule has 0 aliphatic carbocycles. The van der Waals surface area contributed by atoms with Crippen LogP contribution in [-0.4, -0.2) is 28.7 Å². The topological polar surface area (TPSA) is 83.8 Å². The largest absolute Gasteiger partial charge is 0.348 e. The van der Waals surface area contributed by atoms with Crippen LogP contribution >= 0.6 is 0 Å². The van der Waals surface area contributed by atoms with Crippen LogP contribution in [-0.2, 0) is 0 Å². The van der Waals surface area contributed by atoms with E-state index in [0.29, 0.717) is 18.0 Å². The molecule has 1 amide bonds. The van der Waals surface area contributed by atoms with Gasteiger partial charge in [-0.2, -0.15) is 5.10 Å². The quantitative estimate of drug-likeness (QED) is 0.692. The first-order valence-corrected chi connectivity index (χ1v) is 5.55. The number of carbonyl (C=O) groups is 1. The summed E-state index contributed by atoms with van der Waals surface area (Å²) in [5, 5.41) is 9.48. The number of aromatic nitrogens is 2. The Kier molecular flexibility index (Phi) is 4.49. The van der Waals surface area contributed by atoms with E-state index in [1.54, 1.807) is 0 Å². The van der Waals surface area contributed by atoms with Gasteiger partial charge in [-0.3, -0.25) is 9.89 Å². The molecule has 0 saturated heterocycles. The molecule has 0 aliphatic rings. The number of hydrogen-bond acceptors (Lipinski definition) is 3. The van der Waals surface area contributed by atoms with Gasteiger partial charge >= 0.3 is 0 Å². The van der Waals surface area contributed by atoms with E-state index in [-0.39, 0.29) is 11.9 Å². The highest BCUT2D eigenvalue weighted by Gasteiger charge is 2.16. The second-order valence-electron chi connectivity index (χ2n) is 4.44. The third kappa shape index (κ3) is 3.34. The van der Waals surface area contributed by atoms with Crippen LogP contribution in [0.3, 0.4) is 0 Å². The van der Waals surface area contributed by atoms with E-state index in [1.807, 2.05) is 6.92 Å². The Balaban J connectivity index is 2.59. The normalized spacial score (nSPS) is 12.8. The van der Waals surface area contributed by atoms with Gasteiger partial charge in [0.15, 0.2) is 0 Å². The van der Waals surface area contributed by atoms with Crippen LogP contribution in [0.5, 0.6) is 0 Å². The second-order valence-corrected chi connectivity index (χ2v) is 4.44. The van der Waals surface area contributed by atoms with Gasteiger partial charge in [0.2, 0.25) is 0 Å². The van der Waals surface area contributed by atoms with Gasteiger partial charge in [0, 0.05) is 18.3 Å². The summed E-state index contributed by atoms with van der Waals surface area (Å²) in [4.78, 5) is 11.9. The molecule has 0 spiro atoms. The van der Waals surface area contributed by atoms with Crippen molar-refractivity contribution in [1.82, 2.24) is 15.5 Å². The average molecular weight is 224 g/mol. The van der Waals surface area contributed by atoms with E-state index in [2.05, 4.69) is 29.4 Å². The smallest absolute Gasteiger partial charge is 0.254 e. The predicted molar refractivity (Wildman–Crippen MR) is 63.1 cm³/mol. The summed E-state index contributed by atoms with van der Waals surface area (Å²) in [6.07, 6.45) is 2.42. The molecule has 0 saturated carbocycles. The fourth-order valence-corrected chi connectivity index (χ4v) is 1.63. The third-order valence-electron chi connectivity index (χ3n) is 2.45. The Labute approximate surface area is 95.8 Å². The molecular weight excluding hydrogens is 204 g/mol. The molecule has 1 rings (SSSR count). The minimum Gasteiger partial charge on any atom is -0.348 e. The van der Waals surface area contributed by atoms with Gasteiger partial charge in [-0.15, -0.1) is 0 Å². The van der Waals surface area contributed by atoms with Crippen molar-refractivity contribution in [3.63, 3.8) is 0 Å². The van der Waals surface area contributed by atoms with E-state index in [0.717, 1.165) is 12.1 Å². The summed E-state index contributed by atoms with van der Waals surface area (Å²) in [5.74, 6) is 0.404. The second kappa shape index (κ2) is 5.65. The zero-order chi connectivity index (χ0) is 12.1. The molecule has 1 unspecified atom stereocenters. The van der Waals surface area contributed by atoms with Crippen LogP contribution in [0.2, 0.25) is 0 Å². The fourth-order valence-electron chi connectivity index (χ4n) is 1.63. The van der Waals surface area contributed by atoms with Crippen molar-refractivity contribution in [1.29, 1.82) is 0 Å². The number of H-pyrrole nitrogens is 1. The van der Waals surface area contributed by atoms with E-state index < -0.39 is 0 Å². The minimum absolute atomic E-state index is 0.0294. The monoisotopic (exact) mass is 224 g/mol. The number of hydrogen-bond donors (Lipinski definition) is 3. The molecule has 0 aliphatic heterocycles. The summed E-state index contributed by atoms with van der Waals surface area (Å²) < 4.78 is 0. The van der Waals surface area contributed by atoms with E-state index >= 15 is 0 Å². The lowest BCUT2D eigenvalue weighted by molar-refractivity contribution is 0.0933. The van der Waals surface area contributed by atoms with Gasteiger partial charge in [0.1, 0.15) is 0 Å². The van der Waals surface area contributed by atoms with Crippen LogP contribution in [0.1, 0.15) is 36.3 Å². The molecule has 1 aromatic rings. The van der Waals surface area contributed by atoms with Crippen molar-refractivity contribution in [3.8, 4) is 0 Å². The average Bonchev–Trinajstić information content (AvgIpc) is 2.62. The molecular formula is C11H20N4O. The van der Waals surface area contributed by atoms with E-state index in [9.17, 15) is 4.79 Å². The van der Waals surface area contributed by atoms with Gasteiger partial charge in [0.25, 0.3) is 5.91 Å². The van der Waals surface area contributed by atoms with Crippen molar-refractivity contribution in [3.05, 3.63) is 17.5 Å². The summed E-state index contributed by atoms with van der Waals surface area (Å²) in [5.41, 5.74) is 6.98. The van der Waals surface area contributed by atoms with Crippen molar-refractivity contribution >= 4 is 5.91 Å². The van der Waals surface area contributed by atoms with Crippen molar-refractivity contribution in [2.24, 2.45) is 11.7 Å².